The first-order valence-electron chi connectivity index (χ1n) is 12.6. The average molecular weight is 435 g/mol. The normalized spacial score (nSPS) is 12.1. The van der Waals surface area contributed by atoms with Crippen LogP contribution in [-0.4, -0.2) is 29.2 Å². The zero-order valence-electron chi connectivity index (χ0n) is 20.0. The van der Waals surface area contributed by atoms with Gasteiger partial charge in [0.05, 0.1) is 13.2 Å². The predicted molar refractivity (Wildman–Crippen MR) is 129 cm³/mol. The van der Waals surface area contributed by atoms with Gasteiger partial charge in [-0.2, -0.15) is 0 Å². The van der Waals surface area contributed by atoms with Gasteiger partial charge in [0, 0.05) is 12.8 Å². The van der Waals surface area contributed by atoms with Crippen molar-refractivity contribution >= 4 is 5.78 Å². The van der Waals surface area contributed by atoms with E-state index in [4.69, 9.17) is 4.74 Å². The standard InChI is InChI=1S/C27H46O4/c1-3-4-5-6-7-8-9-10-11-12-13-14-15-16-24(28)22-25(29)19-17-23-18-20-26(30)27(21-23)31-2/h18,20-21,24,28,30H,3-17,19,22H2,1-2H3. The molecule has 2 N–H and O–H groups in total. The van der Waals surface area contributed by atoms with Gasteiger partial charge in [-0.1, -0.05) is 96.5 Å². The van der Waals surface area contributed by atoms with Crippen molar-refractivity contribution < 1.29 is 19.7 Å². The number of ketones is 1. The highest BCUT2D eigenvalue weighted by Crippen LogP contribution is 2.26. The van der Waals surface area contributed by atoms with Crippen LogP contribution in [0, 0.1) is 0 Å². The van der Waals surface area contributed by atoms with Crippen molar-refractivity contribution in [2.75, 3.05) is 7.11 Å². The molecule has 0 spiro atoms. The van der Waals surface area contributed by atoms with Crippen LogP contribution >= 0.6 is 0 Å². The number of aromatic hydroxyl groups is 1. The van der Waals surface area contributed by atoms with E-state index in [2.05, 4.69) is 6.92 Å². The number of benzene rings is 1. The Bertz CT molecular complexity index is 585. The van der Waals surface area contributed by atoms with Crippen molar-refractivity contribution in [3.63, 3.8) is 0 Å². The number of phenolic OH excluding ortho intramolecular Hbond substituents is 1. The zero-order valence-corrected chi connectivity index (χ0v) is 20.0. The molecular formula is C27H46O4. The Morgan fingerprint density at radius 2 is 1.45 bits per heavy atom. The number of unbranched alkanes of at least 4 members (excludes halogenated alkanes) is 12. The first-order valence-corrected chi connectivity index (χ1v) is 12.6. The second kappa shape index (κ2) is 18.1. The lowest BCUT2D eigenvalue weighted by Crippen LogP contribution is -2.14. The fourth-order valence-corrected chi connectivity index (χ4v) is 4.03. The summed E-state index contributed by atoms with van der Waals surface area (Å²) in [5.41, 5.74) is 0.953. The number of rotatable bonds is 20. The first-order chi connectivity index (χ1) is 15.1. The number of methoxy groups -OCH3 is 1. The highest BCUT2D eigenvalue weighted by molar-refractivity contribution is 5.79. The van der Waals surface area contributed by atoms with Gasteiger partial charge in [-0.05, 0) is 30.5 Å². The van der Waals surface area contributed by atoms with Crippen molar-refractivity contribution in [3.05, 3.63) is 23.8 Å². The van der Waals surface area contributed by atoms with Crippen LogP contribution in [-0.2, 0) is 11.2 Å². The molecule has 0 fully saturated rings. The largest absolute Gasteiger partial charge is 0.504 e. The first kappa shape index (κ1) is 27.5. The van der Waals surface area contributed by atoms with Crippen LogP contribution in [0.3, 0.4) is 0 Å². The average Bonchev–Trinajstić information content (AvgIpc) is 2.76. The second-order valence-corrected chi connectivity index (χ2v) is 8.93. The molecule has 0 aliphatic rings. The molecule has 0 aromatic heterocycles. The highest BCUT2D eigenvalue weighted by Gasteiger charge is 2.11. The quantitative estimate of drug-likeness (QED) is 0.214. The maximum Gasteiger partial charge on any atom is 0.160 e. The van der Waals surface area contributed by atoms with E-state index in [1.54, 1.807) is 18.2 Å². The molecule has 0 bridgehead atoms. The Labute approximate surface area is 190 Å². The van der Waals surface area contributed by atoms with E-state index in [0.29, 0.717) is 18.6 Å². The van der Waals surface area contributed by atoms with Crippen molar-refractivity contribution in [1.29, 1.82) is 0 Å². The lowest BCUT2D eigenvalue weighted by atomic mass is 10.00. The number of carbonyl (C=O) groups is 1. The Hall–Kier alpha value is -1.55. The van der Waals surface area contributed by atoms with Crippen LogP contribution in [0.15, 0.2) is 18.2 Å². The van der Waals surface area contributed by atoms with Gasteiger partial charge < -0.3 is 14.9 Å². The SMILES string of the molecule is CCCCCCCCCCCCCCCC(O)CC(=O)CCc1ccc(O)c(OC)c1. The van der Waals surface area contributed by atoms with E-state index in [1.807, 2.05) is 0 Å². The molecule has 0 radical (unpaired) electrons. The minimum Gasteiger partial charge on any atom is -0.504 e. The van der Waals surface area contributed by atoms with Crippen LogP contribution in [0.25, 0.3) is 0 Å². The van der Waals surface area contributed by atoms with Crippen LogP contribution in [0.1, 0.15) is 115 Å². The molecule has 0 heterocycles. The molecule has 31 heavy (non-hydrogen) atoms. The number of hydrogen-bond acceptors (Lipinski definition) is 4. The van der Waals surface area contributed by atoms with Crippen molar-refractivity contribution in [2.45, 2.75) is 122 Å². The monoisotopic (exact) mass is 434 g/mol. The third kappa shape index (κ3) is 14.2. The molecule has 0 saturated heterocycles. The highest BCUT2D eigenvalue weighted by atomic mass is 16.5. The molecule has 0 aliphatic heterocycles. The van der Waals surface area contributed by atoms with Crippen LogP contribution < -0.4 is 4.74 Å². The maximum atomic E-state index is 12.1. The number of aliphatic hydroxyl groups excluding tert-OH is 1. The third-order valence-electron chi connectivity index (χ3n) is 6.04. The molecule has 1 rings (SSSR count). The molecule has 0 aliphatic carbocycles. The topological polar surface area (TPSA) is 66.8 Å². The lowest BCUT2D eigenvalue weighted by Gasteiger charge is -2.10. The van der Waals surface area contributed by atoms with Crippen LogP contribution in [0.4, 0.5) is 0 Å². The van der Waals surface area contributed by atoms with Gasteiger partial charge in [-0.25, -0.2) is 0 Å². The van der Waals surface area contributed by atoms with E-state index in [0.717, 1.165) is 24.8 Å². The molecule has 178 valence electrons. The van der Waals surface area contributed by atoms with Gasteiger partial charge in [0.2, 0.25) is 0 Å². The number of aliphatic hydroxyl groups is 1. The van der Waals surface area contributed by atoms with Crippen molar-refractivity contribution in [2.24, 2.45) is 0 Å². The number of phenols is 1. The second-order valence-electron chi connectivity index (χ2n) is 8.93. The molecule has 1 atom stereocenters. The van der Waals surface area contributed by atoms with Gasteiger partial charge in [-0.15, -0.1) is 0 Å². The van der Waals surface area contributed by atoms with Gasteiger partial charge in [0.25, 0.3) is 0 Å². The van der Waals surface area contributed by atoms with Gasteiger partial charge in [0.15, 0.2) is 11.5 Å². The van der Waals surface area contributed by atoms with E-state index in [9.17, 15) is 15.0 Å². The minimum atomic E-state index is -0.519. The van der Waals surface area contributed by atoms with Crippen molar-refractivity contribution in [1.82, 2.24) is 0 Å². The number of Topliss-reactive ketones (excluding diaryl/α,β-unsaturated/α-hetero) is 1. The summed E-state index contributed by atoms with van der Waals surface area (Å²) >= 11 is 0. The van der Waals surface area contributed by atoms with Gasteiger partial charge in [0.1, 0.15) is 5.78 Å². The summed E-state index contributed by atoms with van der Waals surface area (Å²) in [5.74, 6) is 0.618. The Kier molecular flexibility index (Phi) is 16.0. The fraction of sp³-hybridized carbons (Fsp3) is 0.741. The molecule has 1 unspecified atom stereocenters. The summed E-state index contributed by atoms with van der Waals surface area (Å²) in [5, 5.41) is 19.8. The third-order valence-corrected chi connectivity index (χ3v) is 6.04. The van der Waals surface area contributed by atoms with E-state index >= 15 is 0 Å². The molecule has 4 heteroatoms. The fourth-order valence-electron chi connectivity index (χ4n) is 4.03. The predicted octanol–water partition coefficient (Wildman–Crippen LogP) is 7.13. The van der Waals surface area contributed by atoms with E-state index < -0.39 is 6.10 Å². The zero-order chi connectivity index (χ0) is 22.7. The summed E-state index contributed by atoms with van der Waals surface area (Å²) < 4.78 is 5.09. The van der Waals surface area contributed by atoms with E-state index in [1.165, 1.54) is 77.7 Å². The molecule has 4 nitrogen and oxygen atoms in total. The molecular weight excluding hydrogens is 388 g/mol. The van der Waals surface area contributed by atoms with Crippen molar-refractivity contribution in [3.8, 4) is 11.5 Å². The molecule has 1 aromatic rings. The summed E-state index contributed by atoms with van der Waals surface area (Å²) in [4.78, 5) is 12.1. The van der Waals surface area contributed by atoms with E-state index in [-0.39, 0.29) is 18.0 Å². The minimum absolute atomic E-state index is 0.0919. The summed E-state index contributed by atoms with van der Waals surface area (Å²) in [6, 6.07) is 5.14. The lowest BCUT2D eigenvalue weighted by molar-refractivity contribution is -0.121. The number of hydrogen-bond donors (Lipinski definition) is 2. The summed E-state index contributed by atoms with van der Waals surface area (Å²) in [6.45, 7) is 2.26. The summed E-state index contributed by atoms with van der Waals surface area (Å²) in [6.07, 6.45) is 18.5. The Morgan fingerprint density at radius 1 is 0.903 bits per heavy atom. The van der Waals surface area contributed by atoms with Crippen LogP contribution in [0.5, 0.6) is 11.5 Å². The molecule has 0 saturated carbocycles. The maximum absolute atomic E-state index is 12.1. The Morgan fingerprint density at radius 3 is 2.00 bits per heavy atom. The number of carbonyl (C=O) groups excluding carboxylic acids is 1. The number of ether oxygens (including phenoxy) is 1. The van der Waals surface area contributed by atoms with Gasteiger partial charge >= 0.3 is 0 Å². The Balaban J connectivity index is 1.97. The molecule has 1 aromatic carbocycles. The molecule has 0 amide bonds. The number of aryl methyl sites for hydroxylation is 1. The summed E-state index contributed by atoms with van der Waals surface area (Å²) in [7, 11) is 1.51. The smallest absolute Gasteiger partial charge is 0.160 e. The van der Waals surface area contributed by atoms with Crippen LogP contribution in [0.2, 0.25) is 0 Å². The van der Waals surface area contributed by atoms with Gasteiger partial charge in [-0.3, -0.25) is 4.79 Å².